The number of nitrogens with one attached hydrogen (secondary N) is 1. The van der Waals surface area contributed by atoms with Crippen molar-refractivity contribution in [1.82, 2.24) is 0 Å². The first-order valence-electron chi connectivity index (χ1n) is 8.28. The van der Waals surface area contributed by atoms with Gasteiger partial charge in [-0.3, -0.25) is 9.59 Å². The first-order chi connectivity index (χ1) is 12.5. The molecular weight excluding hydrogens is 334 g/mol. The van der Waals surface area contributed by atoms with Crippen molar-refractivity contribution in [3.63, 3.8) is 0 Å². The van der Waals surface area contributed by atoms with E-state index in [4.69, 9.17) is 9.15 Å². The Balaban J connectivity index is 1.52. The summed E-state index contributed by atoms with van der Waals surface area (Å²) in [5.41, 5.74) is 2.96. The lowest BCUT2D eigenvalue weighted by Gasteiger charge is -2.07. The number of ether oxygens (including phenoxy) is 1. The van der Waals surface area contributed by atoms with Gasteiger partial charge in [0.1, 0.15) is 11.3 Å². The summed E-state index contributed by atoms with van der Waals surface area (Å²) in [4.78, 5) is 23.9. The zero-order valence-electron chi connectivity index (χ0n) is 14.3. The summed E-state index contributed by atoms with van der Waals surface area (Å²) in [6.45, 7) is 1.70. The van der Waals surface area contributed by atoms with Gasteiger partial charge in [-0.15, -0.1) is 0 Å². The first kappa shape index (κ1) is 17.5. The molecule has 0 aliphatic carbocycles. The predicted octanol–water partition coefficient (Wildman–Crippen LogP) is 3.43. The Morgan fingerprint density at radius 1 is 1.15 bits per heavy atom. The lowest BCUT2D eigenvalue weighted by Crippen LogP contribution is -2.21. The number of phenols is 1. The second-order valence-electron chi connectivity index (χ2n) is 5.88. The molecule has 1 amide bonds. The fourth-order valence-corrected chi connectivity index (χ4v) is 2.58. The highest BCUT2D eigenvalue weighted by Gasteiger charge is 2.13. The Labute approximate surface area is 150 Å². The fraction of sp³-hybridized carbons (Fsp3) is 0.200. The minimum absolute atomic E-state index is 0.0176. The van der Waals surface area contributed by atoms with Crippen LogP contribution in [0.2, 0.25) is 0 Å². The number of fused-ring (bicyclic) bond motifs is 1. The van der Waals surface area contributed by atoms with E-state index in [-0.39, 0.29) is 18.8 Å². The number of carbonyl (C=O) groups excluding carboxylic acids is 2. The molecule has 0 radical (unpaired) electrons. The van der Waals surface area contributed by atoms with Crippen LogP contribution in [0.25, 0.3) is 11.0 Å². The normalized spacial score (nSPS) is 10.7. The molecule has 2 N–H and O–H groups in total. The van der Waals surface area contributed by atoms with Gasteiger partial charge >= 0.3 is 5.97 Å². The van der Waals surface area contributed by atoms with E-state index >= 15 is 0 Å². The summed E-state index contributed by atoms with van der Waals surface area (Å²) >= 11 is 0. The van der Waals surface area contributed by atoms with Crippen molar-refractivity contribution in [3.8, 4) is 5.75 Å². The topological polar surface area (TPSA) is 88.8 Å². The van der Waals surface area contributed by atoms with E-state index in [1.807, 2.05) is 24.3 Å². The second-order valence-corrected chi connectivity index (χ2v) is 5.88. The summed E-state index contributed by atoms with van der Waals surface area (Å²) < 4.78 is 10.3. The number of hydrogen-bond acceptors (Lipinski definition) is 5. The number of anilines is 1. The molecule has 0 unspecified atom stereocenters. The molecule has 0 saturated heterocycles. The molecule has 0 bridgehead atoms. The second kappa shape index (κ2) is 7.74. The summed E-state index contributed by atoms with van der Waals surface area (Å²) in [5.74, 6) is -0.841. The number of hydrogen-bond donors (Lipinski definition) is 2. The average molecular weight is 353 g/mol. The maximum atomic E-state index is 12.0. The van der Waals surface area contributed by atoms with Crippen LogP contribution in [0.15, 0.2) is 53.1 Å². The highest BCUT2D eigenvalue weighted by molar-refractivity contribution is 5.93. The number of esters is 1. The number of rotatable bonds is 6. The Morgan fingerprint density at radius 3 is 2.65 bits per heavy atom. The Bertz CT molecular complexity index is 927. The number of benzene rings is 2. The van der Waals surface area contributed by atoms with Gasteiger partial charge in [-0.1, -0.05) is 19.1 Å². The van der Waals surface area contributed by atoms with Gasteiger partial charge in [-0.05, 0) is 36.2 Å². The molecule has 0 aliphatic heterocycles. The van der Waals surface area contributed by atoms with Crippen LogP contribution in [0.3, 0.4) is 0 Å². The van der Waals surface area contributed by atoms with E-state index in [1.165, 1.54) is 24.0 Å². The van der Waals surface area contributed by atoms with Crippen LogP contribution in [0, 0.1) is 0 Å². The van der Waals surface area contributed by atoms with E-state index in [1.54, 1.807) is 6.07 Å². The first-order valence-corrected chi connectivity index (χ1v) is 8.28. The Hall–Kier alpha value is -3.28. The maximum absolute atomic E-state index is 12.0. The van der Waals surface area contributed by atoms with Crippen molar-refractivity contribution in [2.24, 2.45) is 0 Å². The van der Waals surface area contributed by atoms with Crippen LogP contribution in [-0.4, -0.2) is 23.6 Å². The Kier molecular flexibility index (Phi) is 5.22. The van der Waals surface area contributed by atoms with E-state index < -0.39 is 11.9 Å². The molecule has 6 heteroatoms. The molecule has 0 saturated carbocycles. The highest BCUT2D eigenvalue weighted by atomic mass is 16.5. The molecule has 0 spiro atoms. The van der Waals surface area contributed by atoms with Gasteiger partial charge in [0.25, 0.3) is 5.91 Å². The number of aryl methyl sites for hydroxylation is 1. The third-order valence-electron chi connectivity index (χ3n) is 3.98. The van der Waals surface area contributed by atoms with Crippen LogP contribution >= 0.6 is 0 Å². The van der Waals surface area contributed by atoms with Gasteiger partial charge in [0.15, 0.2) is 6.61 Å². The summed E-state index contributed by atoms with van der Waals surface area (Å²) in [5, 5.41) is 12.8. The van der Waals surface area contributed by atoms with E-state index in [2.05, 4.69) is 12.2 Å². The number of carbonyl (C=O) groups is 2. The standard InChI is InChI=1S/C20H19NO5/c1-2-13-3-5-15(6-4-13)21-19(23)12-26-20(24)9-14-11-25-18-10-16(22)7-8-17(14)18/h3-8,10-11,22H,2,9,12H2,1H3,(H,21,23). The molecule has 26 heavy (non-hydrogen) atoms. The SMILES string of the molecule is CCc1ccc(NC(=O)COC(=O)Cc2coc3cc(O)ccc23)cc1. The zero-order chi connectivity index (χ0) is 18.5. The van der Waals surface area contributed by atoms with Gasteiger partial charge < -0.3 is 19.6 Å². The van der Waals surface area contributed by atoms with Gasteiger partial charge in [0.05, 0.1) is 12.7 Å². The fourth-order valence-electron chi connectivity index (χ4n) is 2.58. The quantitative estimate of drug-likeness (QED) is 0.663. The molecule has 3 aromatic rings. The summed E-state index contributed by atoms with van der Waals surface area (Å²) in [6, 6.07) is 12.2. The van der Waals surface area contributed by atoms with Crippen molar-refractivity contribution in [2.75, 3.05) is 11.9 Å². The van der Waals surface area contributed by atoms with Gasteiger partial charge in [0.2, 0.25) is 0 Å². The van der Waals surface area contributed by atoms with E-state index in [0.29, 0.717) is 16.8 Å². The van der Waals surface area contributed by atoms with Crippen LogP contribution in [0.1, 0.15) is 18.1 Å². The highest BCUT2D eigenvalue weighted by Crippen LogP contribution is 2.25. The average Bonchev–Trinajstić information content (AvgIpc) is 3.02. The molecule has 134 valence electrons. The summed E-state index contributed by atoms with van der Waals surface area (Å²) in [6.07, 6.45) is 2.35. The molecule has 0 atom stereocenters. The lowest BCUT2D eigenvalue weighted by molar-refractivity contribution is -0.146. The predicted molar refractivity (Wildman–Crippen MR) is 97.0 cm³/mol. The van der Waals surface area contributed by atoms with Crippen LogP contribution < -0.4 is 5.32 Å². The van der Waals surface area contributed by atoms with Crippen LogP contribution in [0.5, 0.6) is 5.75 Å². The summed E-state index contributed by atoms with van der Waals surface area (Å²) in [7, 11) is 0. The molecule has 6 nitrogen and oxygen atoms in total. The molecule has 1 heterocycles. The number of furan rings is 1. The zero-order valence-corrected chi connectivity index (χ0v) is 14.3. The minimum Gasteiger partial charge on any atom is -0.508 e. The van der Waals surface area contributed by atoms with Crippen molar-refractivity contribution in [3.05, 3.63) is 59.9 Å². The van der Waals surface area contributed by atoms with Crippen molar-refractivity contribution < 1.29 is 23.8 Å². The monoisotopic (exact) mass is 353 g/mol. The van der Waals surface area contributed by atoms with Crippen molar-refractivity contribution in [1.29, 1.82) is 0 Å². The Morgan fingerprint density at radius 2 is 1.92 bits per heavy atom. The van der Waals surface area contributed by atoms with E-state index in [9.17, 15) is 14.7 Å². The molecule has 3 rings (SSSR count). The smallest absolute Gasteiger partial charge is 0.310 e. The molecule has 0 fully saturated rings. The molecule has 1 aromatic heterocycles. The van der Waals surface area contributed by atoms with Gasteiger partial charge in [-0.2, -0.15) is 0 Å². The van der Waals surface area contributed by atoms with Crippen LogP contribution in [0.4, 0.5) is 5.69 Å². The van der Waals surface area contributed by atoms with Gasteiger partial charge in [-0.25, -0.2) is 0 Å². The number of aromatic hydroxyl groups is 1. The maximum Gasteiger partial charge on any atom is 0.310 e. The van der Waals surface area contributed by atoms with Crippen molar-refractivity contribution >= 4 is 28.5 Å². The minimum atomic E-state index is -0.530. The van der Waals surface area contributed by atoms with Gasteiger partial charge in [0, 0.05) is 22.7 Å². The van der Waals surface area contributed by atoms with Crippen LogP contribution in [-0.2, 0) is 27.2 Å². The molecule has 0 aliphatic rings. The third-order valence-corrected chi connectivity index (χ3v) is 3.98. The molecular formula is C20H19NO5. The number of amides is 1. The third kappa shape index (κ3) is 4.22. The van der Waals surface area contributed by atoms with Crippen molar-refractivity contribution in [2.45, 2.75) is 19.8 Å². The lowest BCUT2D eigenvalue weighted by atomic mass is 10.1. The van der Waals surface area contributed by atoms with E-state index in [0.717, 1.165) is 11.8 Å². The number of phenolic OH excluding ortho intramolecular Hbond substituents is 1. The largest absolute Gasteiger partial charge is 0.508 e. The molecule has 2 aromatic carbocycles.